The van der Waals surface area contributed by atoms with Crippen molar-refractivity contribution in [2.24, 2.45) is 0 Å². The fourth-order valence-electron chi connectivity index (χ4n) is 2.57. The zero-order chi connectivity index (χ0) is 15.1. The van der Waals surface area contributed by atoms with E-state index in [4.69, 9.17) is 5.11 Å². The number of nitrogens with one attached hydrogen (secondary N) is 1. The molecule has 0 aliphatic carbocycles. The standard InChI is InChI=1S/C17H27N3O/c1-14(2)19-12-15-13-20(10-5-3-4-6-11-21)17-16(15)8-7-9-18-17/h7-9,13-14,19,21H,3-6,10-12H2,1-2H3. The molecule has 116 valence electrons. The molecule has 0 aliphatic heterocycles. The Morgan fingerprint density at radius 3 is 2.81 bits per heavy atom. The Labute approximate surface area is 127 Å². The van der Waals surface area contributed by atoms with E-state index in [1.807, 2.05) is 12.3 Å². The zero-order valence-electron chi connectivity index (χ0n) is 13.2. The molecular formula is C17H27N3O. The molecule has 4 nitrogen and oxygen atoms in total. The van der Waals surface area contributed by atoms with Crippen LogP contribution in [0.5, 0.6) is 0 Å². The second-order valence-corrected chi connectivity index (χ2v) is 5.90. The first-order chi connectivity index (χ1) is 10.2. The SMILES string of the molecule is CC(C)NCc1cn(CCCCCCO)c2ncccc12. The average Bonchev–Trinajstić information content (AvgIpc) is 2.83. The number of aliphatic hydroxyl groups excluding tert-OH is 1. The van der Waals surface area contributed by atoms with Crippen LogP contribution in [-0.2, 0) is 13.1 Å². The van der Waals surface area contributed by atoms with Gasteiger partial charge >= 0.3 is 0 Å². The highest BCUT2D eigenvalue weighted by atomic mass is 16.2. The number of fused-ring (bicyclic) bond motifs is 1. The Bertz CT molecular complexity index is 548. The first kappa shape index (κ1) is 16.0. The van der Waals surface area contributed by atoms with Crippen molar-refractivity contribution in [3.63, 3.8) is 0 Å². The first-order valence-electron chi connectivity index (χ1n) is 7.99. The van der Waals surface area contributed by atoms with Gasteiger partial charge in [-0.25, -0.2) is 4.98 Å². The maximum atomic E-state index is 8.81. The van der Waals surface area contributed by atoms with Crippen molar-refractivity contribution in [2.75, 3.05) is 6.61 Å². The molecule has 2 aromatic heterocycles. The Hall–Kier alpha value is -1.39. The van der Waals surface area contributed by atoms with E-state index in [2.05, 4.69) is 41.0 Å². The van der Waals surface area contributed by atoms with Gasteiger partial charge in [-0.15, -0.1) is 0 Å². The Kier molecular flexibility index (Phi) is 6.21. The van der Waals surface area contributed by atoms with Gasteiger partial charge < -0.3 is 15.0 Å². The minimum absolute atomic E-state index is 0.305. The van der Waals surface area contributed by atoms with Crippen molar-refractivity contribution in [1.82, 2.24) is 14.9 Å². The summed E-state index contributed by atoms with van der Waals surface area (Å²) in [5.41, 5.74) is 2.40. The van der Waals surface area contributed by atoms with Gasteiger partial charge in [0.15, 0.2) is 0 Å². The van der Waals surface area contributed by atoms with Crippen LogP contribution in [0.3, 0.4) is 0 Å². The summed E-state index contributed by atoms with van der Waals surface area (Å²) < 4.78 is 2.27. The highest BCUT2D eigenvalue weighted by molar-refractivity contribution is 5.80. The molecule has 0 fully saturated rings. The molecular weight excluding hydrogens is 262 g/mol. The van der Waals surface area contributed by atoms with Gasteiger partial charge in [0.25, 0.3) is 0 Å². The lowest BCUT2D eigenvalue weighted by atomic mass is 10.2. The van der Waals surface area contributed by atoms with Crippen molar-refractivity contribution in [2.45, 2.75) is 58.7 Å². The molecule has 0 saturated heterocycles. The summed E-state index contributed by atoms with van der Waals surface area (Å²) in [6, 6.07) is 4.65. The third-order valence-electron chi connectivity index (χ3n) is 3.72. The summed E-state index contributed by atoms with van der Waals surface area (Å²) >= 11 is 0. The zero-order valence-corrected chi connectivity index (χ0v) is 13.2. The quantitative estimate of drug-likeness (QED) is 0.697. The molecule has 2 aromatic rings. The van der Waals surface area contributed by atoms with Crippen LogP contribution in [0.15, 0.2) is 24.5 Å². The lowest BCUT2D eigenvalue weighted by Gasteiger charge is -2.06. The van der Waals surface area contributed by atoms with Gasteiger partial charge in [-0.2, -0.15) is 0 Å². The summed E-state index contributed by atoms with van der Waals surface area (Å²) in [6.45, 7) is 6.52. The highest BCUT2D eigenvalue weighted by Gasteiger charge is 2.09. The molecule has 0 aliphatic rings. The van der Waals surface area contributed by atoms with Crippen LogP contribution in [0, 0.1) is 0 Å². The molecule has 0 radical (unpaired) electrons. The lowest BCUT2D eigenvalue weighted by molar-refractivity contribution is 0.282. The van der Waals surface area contributed by atoms with Gasteiger partial charge in [-0.05, 0) is 30.5 Å². The fraction of sp³-hybridized carbons (Fsp3) is 0.588. The van der Waals surface area contributed by atoms with Gasteiger partial charge in [0.05, 0.1) is 0 Å². The number of rotatable bonds is 9. The summed E-state index contributed by atoms with van der Waals surface area (Å²) in [5.74, 6) is 0. The van der Waals surface area contributed by atoms with Gasteiger partial charge in [0.2, 0.25) is 0 Å². The second kappa shape index (κ2) is 8.15. The molecule has 2 heterocycles. The molecule has 2 N–H and O–H groups in total. The van der Waals surface area contributed by atoms with Gasteiger partial charge in [0, 0.05) is 43.5 Å². The summed E-state index contributed by atoms with van der Waals surface area (Å²) in [4.78, 5) is 4.54. The molecule has 0 spiro atoms. The minimum Gasteiger partial charge on any atom is -0.396 e. The van der Waals surface area contributed by atoms with E-state index >= 15 is 0 Å². The number of aliphatic hydroxyl groups is 1. The maximum absolute atomic E-state index is 8.81. The van der Waals surface area contributed by atoms with Gasteiger partial charge in [-0.1, -0.05) is 26.7 Å². The van der Waals surface area contributed by atoms with Crippen LogP contribution < -0.4 is 5.32 Å². The number of aryl methyl sites for hydroxylation is 1. The van der Waals surface area contributed by atoms with Crippen LogP contribution in [0.4, 0.5) is 0 Å². The molecule has 2 rings (SSSR count). The Balaban J connectivity index is 2.04. The largest absolute Gasteiger partial charge is 0.396 e. The van der Waals surface area contributed by atoms with E-state index in [1.165, 1.54) is 10.9 Å². The third kappa shape index (κ3) is 4.55. The van der Waals surface area contributed by atoms with Crippen LogP contribution in [-0.4, -0.2) is 27.3 Å². The first-order valence-corrected chi connectivity index (χ1v) is 7.99. The van der Waals surface area contributed by atoms with Crippen molar-refractivity contribution in [1.29, 1.82) is 0 Å². The smallest absolute Gasteiger partial charge is 0.140 e. The van der Waals surface area contributed by atoms with E-state index in [0.29, 0.717) is 12.6 Å². The predicted molar refractivity (Wildman–Crippen MR) is 87.3 cm³/mol. The molecule has 0 atom stereocenters. The summed E-state index contributed by atoms with van der Waals surface area (Å²) in [5, 5.41) is 13.5. The molecule has 21 heavy (non-hydrogen) atoms. The minimum atomic E-state index is 0.305. The van der Waals surface area contributed by atoms with E-state index in [0.717, 1.165) is 44.4 Å². The van der Waals surface area contributed by atoms with Gasteiger partial charge in [0.1, 0.15) is 5.65 Å². The molecule has 0 unspecified atom stereocenters. The normalized spacial score (nSPS) is 11.6. The molecule has 0 bridgehead atoms. The third-order valence-corrected chi connectivity index (χ3v) is 3.72. The Morgan fingerprint density at radius 2 is 2.05 bits per heavy atom. The average molecular weight is 289 g/mol. The number of pyridine rings is 1. The maximum Gasteiger partial charge on any atom is 0.140 e. The number of unbranched alkanes of at least 4 members (excludes halogenated alkanes) is 3. The van der Waals surface area contributed by atoms with E-state index in [1.54, 1.807) is 0 Å². The van der Waals surface area contributed by atoms with Gasteiger partial charge in [-0.3, -0.25) is 0 Å². The second-order valence-electron chi connectivity index (χ2n) is 5.90. The van der Waals surface area contributed by atoms with E-state index < -0.39 is 0 Å². The molecule has 0 saturated carbocycles. The van der Waals surface area contributed by atoms with E-state index in [9.17, 15) is 0 Å². The van der Waals surface area contributed by atoms with Crippen LogP contribution in [0.25, 0.3) is 11.0 Å². The number of nitrogens with zero attached hydrogens (tertiary/aromatic N) is 2. The fourth-order valence-corrected chi connectivity index (χ4v) is 2.57. The number of aromatic nitrogens is 2. The van der Waals surface area contributed by atoms with Crippen molar-refractivity contribution in [3.8, 4) is 0 Å². The van der Waals surface area contributed by atoms with Crippen LogP contribution in [0.1, 0.15) is 45.1 Å². The monoisotopic (exact) mass is 289 g/mol. The molecule has 4 heteroatoms. The van der Waals surface area contributed by atoms with Crippen molar-refractivity contribution < 1.29 is 5.11 Å². The number of hydrogen-bond donors (Lipinski definition) is 2. The molecule has 0 aromatic carbocycles. The predicted octanol–water partition coefficient (Wildman–Crippen LogP) is 3.09. The van der Waals surface area contributed by atoms with Crippen LogP contribution >= 0.6 is 0 Å². The van der Waals surface area contributed by atoms with Crippen LogP contribution in [0.2, 0.25) is 0 Å². The summed E-state index contributed by atoms with van der Waals surface area (Å²) in [6.07, 6.45) is 8.41. The topological polar surface area (TPSA) is 50.1 Å². The summed E-state index contributed by atoms with van der Waals surface area (Å²) in [7, 11) is 0. The van der Waals surface area contributed by atoms with Crippen molar-refractivity contribution in [3.05, 3.63) is 30.1 Å². The van der Waals surface area contributed by atoms with E-state index in [-0.39, 0.29) is 0 Å². The highest BCUT2D eigenvalue weighted by Crippen LogP contribution is 2.20. The van der Waals surface area contributed by atoms with Crippen molar-refractivity contribution >= 4 is 11.0 Å². The number of hydrogen-bond acceptors (Lipinski definition) is 3. The lowest BCUT2D eigenvalue weighted by Crippen LogP contribution is -2.21. The molecule has 0 amide bonds. The Morgan fingerprint density at radius 1 is 1.24 bits per heavy atom.